The molecule has 8 heteroatoms. The van der Waals surface area contributed by atoms with E-state index in [9.17, 15) is 4.79 Å². The number of carboxylic acid groups (broad SMARTS) is 1. The van der Waals surface area contributed by atoms with Gasteiger partial charge in [0.2, 0.25) is 0 Å². The highest BCUT2D eigenvalue weighted by atomic mass is 32.2. The van der Waals surface area contributed by atoms with Gasteiger partial charge in [0.05, 0.1) is 6.61 Å². The molecule has 0 bridgehead atoms. The van der Waals surface area contributed by atoms with Gasteiger partial charge in [-0.3, -0.25) is 4.79 Å². The fourth-order valence-corrected chi connectivity index (χ4v) is 3.33. The third-order valence-corrected chi connectivity index (χ3v) is 4.54. The molecule has 1 N–H and O–H groups in total. The maximum atomic E-state index is 10.8. The fourth-order valence-electron chi connectivity index (χ4n) is 0.756. The Kier molecular flexibility index (Phi) is 5.37. The molecule has 0 aromatic carbocycles. The molecule has 0 aliphatic heterocycles. The van der Waals surface area contributed by atoms with Gasteiger partial charge in [-0.05, 0) is 6.26 Å². The third kappa shape index (κ3) is 3.98. The van der Waals surface area contributed by atoms with Crippen LogP contribution in [0.15, 0.2) is 8.68 Å². The normalized spacial score (nSPS) is 12.7. The first kappa shape index (κ1) is 12.8. The van der Waals surface area contributed by atoms with E-state index >= 15 is 0 Å². The second-order valence-electron chi connectivity index (χ2n) is 2.44. The Morgan fingerprint density at radius 2 is 2.27 bits per heavy atom. The minimum Gasteiger partial charge on any atom is -0.480 e. The van der Waals surface area contributed by atoms with Crippen LogP contribution in [0.1, 0.15) is 0 Å². The smallest absolute Gasteiger partial charge is 0.319 e. The molecule has 1 unspecified atom stereocenters. The SMILES string of the molecule is COCC(Sc1nnc(SC)s1)C(=O)O. The number of hydrogen-bond donors (Lipinski definition) is 1. The molecule has 5 nitrogen and oxygen atoms in total. The van der Waals surface area contributed by atoms with Gasteiger partial charge in [-0.1, -0.05) is 34.9 Å². The summed E-state index contributed by atoms with van der Waals surface area (Å²) in [6.45, 7) is 0.161. The average Bonchev–Trinajstić information content (AvgIpc) is 2.65. The van der Waals surface area contributed by atoms with Crippen molar-refractivity contribution in [2.45, 2.75) is 13.9 Å². The van der Waals surface area contributed by atoms with Crippen molar-refractivity contribution in [1.82, 2.24) is 10.2 Å². The summed E-state index contributed by atoms with van der Waals surface area (Å²) in [4.78, 5) is 10.8. The van der Waals surface area contributed by atoms with Crippen molar-refractivity contribution in [3.8, 4) is 0 Å². The van der Waals surface area contributed by atoms with Crippen LogP contribution < -0.4 is 0 Å². The lowest BCUT2D eigenvalue weighted by Crippen LogP contribution is -2.21. The Morgan fingerprint density at radius 3 is 2.73 bits per heavy atom. The summed E-state index contributed by atoms with van der Waals surface area (Å²) >= 11 is 4.05. The maximum absolute atomic E-state index is 10.8. The molecule has 1 aromatic heterocycles. The molecule has 1 rings (SSSR count). The summed E-state index contributed by atoms with van der Waals surface area (Å²) in [5, 5.41) is 16.0. The quantitative estimate of drug-likeness (QED) is 0.781. The lowest BCUT2D eigenvalue weighted by atomic mass is 10.5. The van der Waals surface area contributed by atoms with Crippen LogP contribution in [-0.4, -0.2) is 46.5 Å². The number of thioether (sulfide) groups is 2. The molecule has 1 heterocycles. The standard InChI is InChI=1S/C7H10N2O3S3/c1-12-3-4(5(10)11)14-7-9-8-6(13-2)15-7/h4H,3H2,1-2H3,(H,10,11). The van der Waals surface area contributed by atoms with Gasteiger partial charge in [0.25, 0.3) is 0 Å². The van der Waals surface area contributed by atoms with Gasteiger partial charge in [-0.2, -0.15) is 0 Å². The van der Waals surface area contributed by atoms with E-state index in [1.807, 2.05) is 6.26 Å². The van der Waals surface area contributed by atoms with Gasteiger partial charge in [0.1, 0.15) is 5.25 Å². The Morgan fingerprint density at radius 1 is 1.60 bits per heavy atom. The molecule has 0 saturated carbocycles. The molecule has 84 valence electrons. The predicted molar refractivity (Wildman–Crippen MR) is 60.8 cm³/mol. The van der Waals surface area contributed by atoms with Crippen LogP contribution in [0, 0.1) is 0 Å². The Bertz CT molecular complexity index is 331. The van der Waals surface area contributed by atoms with Crippen LogP contribution in [-0.2, 0) is 9.53 Å². The zero-order chi connectivity index (χ0) is 11.3. The summed E-state index contributed by atoms with van der Waals surface area (Å²) in [6, 6.07) is 0. The molecule has 0 fully saturated rings. The Balaban J connectivity index is 2.61. The highest BCUT2D eigenvalue weighted by Gasteiger charge is 2.20. The first-order chi connectivity index (χ1) is 7.17. The van der Waals surface area contributed by atoms with E-state index in [-0.39, 0.29) is 6.61 Å². The summed E-state index contributed by atoms with van der Waals surface area (Å²) in [6.07, 6.45) is 1.90. The van der Waals surface area contributed by atoms with E-state index < -0.39 is 11.2 Å². The van der Waals surface area contributed by atoms with E-state index in [1.54, 1.807) is 0 Å². The molecule has 1 aromatic rings. The molecule has 15 heavy (non-hydrogen) atoms. The lowest BCUT2D eigenvalue weighted by molar-refractivity contribution is -0.137. The van der Waals surface area contributed by atoms with Crippen molar-refractivity contribution >= 4 is 40.8 Å². The number of aromatic nitrogens is 2. The number of aliphatic carboxylic acids is 1. The monoisotopic (exact) mass is 266 g/mol. The van der Waals surface area contributed by atoms with Gasteiger partial charge in [-0.15, -0.1) is 10.2 Å². The number of carboxylic acids is 1. The molecule has 0 radical (unpaired) electrons. The van der Waals surface area contributed by atoms with E-state index in [0.29, 0.717) is 4.34 Å². The first-order valence-electron chi connectivity index (χ1n) is 3.93. The molecular weight excluding hydrogens is 256 g/mol. The molecule has 0 amide bonds. The maximum Gasteiger partial charge on any atom is 0.319 e. The highest BCUT2D eigenvalue weighted by molar-refractivity contribution is 8.03. The zero-order valence-corrected chi connectivity index (χ0v) is 10.6. The largest absolute Gasteiger partial charge is 0.480 e. The Hall–Kier alpha value is -0.310. The van der Waals surface area contributed by atoms with Crippen LogP contribution in [0.25, 0.3) is 0 Å². The van der Waals surface area contributed by atoms with Gasteiger partial charge in [-0.25, -0.2) is 0 Å². The predicted octanol–water partition coefficient (Wildman–Crippen LogP) is 1.45. The van der Waals surface area contributed by atoms with Crippen LogP contribution in [0.3, 0.4) is 0 Å². The molecule has 0 aliphatic rings. The number of hydrogen-bond acceptors (Lipinski definition) is 7. The van der Waals surface area contributed by atoms with Gasteiger partial charge >= 0.3 is 5.97 Å². The van der Waals surface area contributed by atoms with Crippen molar-refractivity contribution in [2.24, 2.45) is 0 Å². The number of ether oxygens (including phenoxy) is 1. The number of nitrogens with zero attached hydrogens (tertiary/aromatic N) is 2. The minimum absolute atomic E-state index is 0.161. The number of carbonyl (C=O) groups is 1. The molecule has 1 atom stereocenters. The van der Waals surface area contributed by atoms with Crippen molar-refractivity contribution in [3.05, 3.63) is 0 Å². The van der Waals surface area contributed by atoms with Crippen LogP contribution in [0.5, 0.6) is 0 Å². The van der Waals surface area contributed by atoms with Gasteiger partial charge in [0.15, 0.2) is 8.68 Å². The Labute approximate surface area is 99.6 Å². The molecule has 0 aliphatic carbocycles. The minimum atomic E-state index is -0.900. The third-order valence-electron chi connectivity index (χ3n) is 1.40. The van der Waals surface area contributed by atoms with Crippen molar-refractivity contribution in [2.75, 3.05) is 20.0 Å². The second kappa shape index (κ2) is 6.31. The van der Waals surface area contributed by atoms with Crippen LogP contribution >= 0.6 is 34.9 Å². The summed E-state index contributed by atoms with van der Waals surface area (Å²) in [7, 11) is 1.48. The fraction of sp³-hybridized carbons (Fsp3) is 0.571. The summed E-state index contributed by atoms with van der Waals surface area (Å²) in [5.41, 5.74) is 0. The lowest BCUT2D eigenvalue weighted by Gasteiger charge is -2.07. The van der Waals surface area contributed by atoms with E-state index in [2.05, 4.69) is 10.2 Å². The van der Waals surface area contributed by atoms with Gasteiger partial charge in [0, 0.05) is 7.11 Å². The van der Waals surface area contributed by atoms with Crippen molar-refractivity contribution in [3.63, 3.8) is 0 Å². The van der Waals surface area contributed by atoms with E-state index in [0.717, 1.165) is 16.1 Å². The number of rotatable bonds is 6. The average molecular weight is 266 g/mol. The first-order valence-corrected chi connectivity index (χ1v) is 6.85. The topological polar surface area (TPSA) is 72.3 Å². The molecule has 0 saturated heterocycles. The van der Waals surface area contributed by atoms with E-state index in [4.69, 9.17) is 9.84 Å². The van der Waals surface area contributed by atoms with E-state index in [1.165, 1.54) is 30.2 Å². The van der Waals surface area contributed by atoms with Gasteiger partial charge < -0.3 is 9.84 Å². The van der Waals surface area contributed by atoms with Crippen LogP contribution in [0.2, 0.25) is 0 Å². The van der Waals surface area contributed by atoms with Crippen molar-refractivity contribution in [1.29, 1.82) is 0 Å². The summed E-state index contributed by atoms with van der Waals surface area (Å²) in [5.74, 6) is -0.900. The number of methoxy groups -OCH3 is 1. The second-order valence-corrected chi connectivity index (χ2v) is 5.92. The van der Waals surface area contributed by atoms with Crippen molar-refractivity contribution < 1.29 is 14.6 Å². The highest BCUT2D eigenvalue weighted by Crippen LogP contribution is 2.30. The van der Waals surface area contributed by atoms with Crippen LogP contribution in [0.4, 0.5) is 0 Å². The summed E-state index contributed by atoms with van der Waals surface area (Å²) < 4.78 is 6.31. The molecule has 0 spiro atoms. The zero-order valence-electron chi connectivity index (χ0n) is 8.17. The molecular formula is C7H10N2O3S3.